The molecule has 0 amide bonds. The predicted molar refractivity (Wildman–Crippen MR) is 112 cm³/mol. The van der Waals surface area contributed by atoms with Crippen LogP contribution in [0.15, 0.2) is 48.8 Å². The van der Waals surface area contributed by atoms with Crippen LogP contribution >= 0.6 is 11.6 Å². The summed E-state index contributed by atoms with van der Waals surface area (Å²) >= 11 is 6.54. The van der Waals surface area contributed by atoms with E-state index < -0.39 is 11.6 Å². The van der Waals surface area contributed by atoms with Gasteiger partial charge in [0.05, 0.1) is 5.02 Å². The van der Waals surface area contributed by atoms with E-state index in [1.807, 2.05) is 19.1 Å². The lowest BCUT2D eigenvalue weighted by Gasteiger charge is -2.33. The minimum Gasteiger partial charge on any atom is -0.382 e. The third-order valence-electron chi connectivity index (χ3n) is 5.30. The van der Waals surface area contributed by atoms with E-state index in [0.29, 0.717) is 22.2 Å². The summed E-state index contributed by atoms with van der Waals surface area (Å²) in [5.41, 5.74) is 2.63. The van der Waals surface area contributed by atoms with Crippen LogP contribution in [0.25, 0.3) is 11.1 Å². The Morgan fingerprint density at radius 3 is 2.41 bits per heavy atom. The molecule has 1 aliphatic heterocycles. The molecule has 1 fully saturated rings. The molecule has 1 aromatic heterocycles. The molecule has 29 heavy (non-hydrogen) atoms. The van der Waals surface area contributed by atoms with Crippen LogP contribution in [0.2, 0.25) is 5.02 Å². The maximum atomic E-state index is 14.2. The Kier molecular flexibility index (Phi) is 5.62. The first-order valence-corrected chi connectivity index (χ1v) is 9.94. The molecule has 1 saturated heterocycles. The van der Waals surface area contributed by atoms with E-state index >= 15 is 0 Å². The van der Waals surface area contributed by atoms with Gasteiger partial charge in [0.15, 0.2) is 0 Å². The Labute approximate surface area is 173 Å². The molecule has 0 saturated carbocycles. The number of hydrogen-bond donors (Lipinski definition) is 1. The highest BCUT2D eigenvalue weighted by Crippen LogP contribution is 2.36. The molecule has 0 bridgehead atoms. The van der Waals surface area contributed by atoms with Crippen molar-refractivity contribution < 1.29 is 8.78 Å². The summed E-state index contributed by atoms with van der Waals surface area (Å²) in [6.45, 7) is 3.64. The maximum Gasteiger partial charge on any atom is 0.225 e. The lowest BCUT2D eigenvalue weighted by atomic mass is 10.00. The van der Waals surface area contributed by atoms with Gasteiger partial charge in [-0.25, -0.2) is 18.7 Å². The molecule has 150 valence electrons. The third-order valence-corrected chi connectivity index (χ3v) is 5.78. The van der Waals surface area contributed by atoms with E-state index in [-0.39, 0.29) is 0 Å². The maximum absolute atomic E-state index is 14.2. The van der Waals surface area contributed by atoms with E-state index in [2.05, 4.69) is 20.2 Å². The second kappa shape index (κ2) is 8.33. The number of piperidine rings is 1. The van der Waals surface area contributed by atoms with Crippen molar-refractivity contribution in [3.05, 3.63) is 71.0 Å². The number of nitrogens with one attached hydrogen (secondary N) is 1. The number of rotatable bonds is 4. The number of benzene rings is 2. The summed E-state index contributed by atoms with van der Waals surface area (Å²) in [6, 6.07) is 9.33. The summed E-state index contributed by atoms with van der Waals surface area (Å²) in [6.07, 6.45) is 5.40. The van der Waals surface area contributed by atoms with Crippen molar-refractivity contribution >= 4 is 23.2 Å². The lowest BCUT2D eigenvalue weighted by molar-refractivity contribution is 0.520. The first kappa shape index (κ1) is 19.6. The molecule has 4 nitrogen and oxygen atoms in total. The van der Waals surface area contributed by atoms with Gasteiger partial charge in [0, 0.05) is 54.4 Å². The van der Waals surface area contributed by atoms with Crippen molar-refractivity contribution in [2.75, 3.05) is 23.3 Å². The van der Waals surface area contributed by atoms with Gasteiger partial charge in [0.2, 0.25) is 5.95 Å². The Hall–Kier alpha value is -2.73. The number of nitrogens with zero attached hydrogens (tertiary/aromatic N) is 3. The number of anilines is 2. The lowest BCUT2D eigenvalue weighted by Crippen LogP contribution is -2.40. The van der Waals surface area contributed by atoms with Crippen molar-refractivity contribution in [1.29, 1.82) is 0 Å². The zero-order chi connectivity index (χ0) is 20.4. The van der Waals surface area contributed by atoms with Crippen molar-refractivity contribution in [1.82, 2.24) is 9.97 Å². The molecule has 1 N–H and O–H groups in total. The van der Waals surface area contributed by atoms with Gasteiger partial charge in [-0.15, -0.1) is 0 Å². The topological polar surface area (TPSA) is 41.0 Å². The average molecular weight is 415 g/mol. The van der Waals surface area contributed by atoms with Crippen molar-refractivity contribution in [3.63, 3.8) is 0 Å². The first-order valence-electron chi connectivity index (χ1n) is 9.56. The highest BCUT2D eigenvalue weighted by molar-refractivity contribution is 6.34. The second-order valence-corrected chi connectivity index (χ2v) is 7.56. The number of halogens is 3. The normalized spacial score (nSPS) is 14.8. The molecule has 7 heteroatoms. The highest BCUT2D eigenvalue weighted by atomic mass is 35.5. The van der Waals surface area contributed by atoms with Crippen molar-refractivity contribution in [3.8, 4) is 11.1 Å². The molecule has 0 atom stereocenters. The fourth-order valence-corrected chi connectivity index (χ4v) is 3.92. The third kappa shape index (κ3) is 4.17. The summed E-state index contributed by atoms with van der Waals surface area (Å²) in [7, 11) is 0. The van der Waals surface area contributed by atoms with Gasteiger partial charge in [-0.3, -0.25) is 0 Å². The molecule has 2 aromatic carbocycles. The average Bonchev–Trinajstić information content (AvgIpc) is 2.73. The second-order valence-electron chi connectivity index (χ2n) is 7.18. The number of hydrogen-bond acceptors (Lipinski definition) is 4. The van der Waals surface area contributed by atoms with E-state index in [1.54, 1.807) is 18.5 Å². The van der Waals surface area contributed by atoms with E-state index in [0.717, 1.165) is 49.2 Å². The Balaban J connectivity index is 1.47. The molecule has 1 aliphatic rings. The fraction of sp³-hybridized carbons (Fsp3) is 0.273. The number of aromatic nitrogens is 2. The first-order chi connectivity index (χ1) is 14.0. The quantitative estimate of drug-likeness (QED) is 0.615. The Bertz CT molecular complexity index is 1010. The van der Waals surface area contributed by atoms with Crippen LogP contribution in [-0.2, 0) is 0 Å². The van der Waals surface area contributed by atoms with Crippen LogP contribution in [0.5, 0.6) is 0 Å². The zero-order valence-electron chi connectivity index (χ0n) is 16.0. The van der Waals surface area contributed by atoms with Gasteiger partial charge in [-0.05, 0) is 49.6 Å². The molecule has 0 spiro atoms. The van der Waals surface area contributed by atoms with Crippen molar-refractivity contribution in [2.45, 2.75) is 25.8 Å². The van der Waals surface area contributed by atoms with E-state index in [1.165, 1.54) is 12.1 Å². The van der Waals surface area contributed by atoms with Crippen LogP contribution in [0.3, 0.4) is 0 Å². The molecule has 2 heterocycles. The molecule has 3 aromatic rings. The molecule has 0 aliphatic carbocycles. The summed E-state index contributed by atoms with van der Waals surface area (Å²) < 4.78 is 27.4. The van der Waals surface area contributed by atoms with Crippen LogP contribution in [-0.4, -0.2) is 29.1 Å². The van der Waals surface area contributed by atoms with Crippen molar-refractivity contribution in [2.24, 2.45) is 0 Å². The minimum absolute atomic E-state index is 0.294. The Morgan fingerprint density at radius 1 is 1.03 bits per heavy atom. The minimum atomic E-state index is -0.623. The summed E-state index contributed by atoms with van der Waals surface area (Å²) in [4.78, 5) is 10.8. The highest BCUT2D eigenvalue weighted by Gasteiger charge is 2.22. The van der Waals surface area contributed by atoms with E-state index in [9.17, 15) is 8.78 Å². The van der Waals surface area contributed by atoms with Gasteiger partial charge in [0.25, 0.3) is 0 Å². The largest absolute Gasteiger partial charge is 0.382 e. The van der Waals surface area contributed by atoms with Crippen LogP contribution in [0.4, 0.5) is 20.4 Å². The smallest absolute Gasteiger partial charge is 0.225 e. The SMILES string of the molecule is Cc1c(NC2CCN(c3ncccn3)CC2)ccc(-c2ccc(F)cc2F)c1Cl. The zero-order valence-corrected chi connectivity index (χ0v) is 16.8. The van der Waals surface area contributed by atoms with Gasteiger partial charge in [-0.1, -0.05) is 17.7 Å². The molecule has 0 radical (unpaired) electrons. The Morgan fingerprint density at radius 2 is 1.72 bits per heavy atom. The van der Waals surface area contributed by atoms with Gasteiger partial charge in [-0.2, -0.15) is 0 Å². The molecule has 4 rings (SSSR count). The van der Waals surface area contributed by atoms with Crippen LogP contribution in [0.1, 0.15) is 18.4 Å². The predicted octanol–water partition coefficient (Wildman–Crippen LogP) is 5.46. The summed E-state index contributed by atoms with van der Waals surface area (Å²) in [5, 5.41) is 4.03. The molecular formula is C22H21ClF2N4. The van der Waals surface area contributed by atoms with E-state index in [4.69, 9.17) is 11.6 Å². The van der Waals surface area contributed by atoms with Crippen LogP contribution < -0.4 is 10.2 Å². The monoisotopic (exact) mass is 414 g/mol. The standard InChI is InChI=1S/C22H21ClF2N4/c1-14-20(6-5-18(21(14)23)17-4-3-15(24)13-19(17)25)28-16-7-11-29(12-8-16)22-26-9-2-10-27-22/h2-6,9-10,13,16,28H,7-8,11-12H2,1H3. The van der Waals surface area contributed by atoms with Crippen LogP contribution in [0, 0.1) is 18.6 Å². The summed E-state index contributed by atoms with van der Waals surface area (Å²) in [5.74, 6) is -0.469. The molecular weight excluding hydrogens is 394 g/mol. The fourth-order valence-electron chi connectivity index (χ4n) is 3.66. The van der Waals surface area contributed by atoms with Gasteiger partial charge >= 0.3 is 0 Å². The van der Waals surface area contributed by atoms with Gasteiger partial charge in [0.1, 0.15) is 11.6 Å². The van der Waals surface area contributed by atoms with Gasteiger partial charge < -0.3 is 10.2 Å². The molecule has 0 unspecified atom stereocenters.